The van der Waals surface area contributed by atoms with Gasteiger partial charge >= 0.3 is 5.97 Å². The number of ether oxygens (including phenoxy) is 1. The van der Waals surface area contributed by atoms with E-state index >= 15 is 0 Å². The molecule has 0 radical (unpaired) electrons. The van der Waals surface area contributed by atoms with Gasteiger partial charge in [-0.25, -0.2) is 0 Å². The molecule has 98 valence electrons. The quantitative estimate of drug-likeness (QED) is 0.749. The van der Waals surface area contributed by atoms with Gasteiger partial charge in [0.05, 0.1) is 19.3 Å². The Morgan fingerprint density at radius 2 is 2.39 bits per heavy atom. The summed E-state index contributed by atoms with van der Waals surface area (Å²) in [5.74, 6) is -0.0430. The molecule has 0 aromatic carbocycles. The van der Waals surface area contributed by atoms with E-state index in [2.05, 4.69) is 16.2 Å². The zero-order chi connectivity index (χ0) is 12.5. The zero-order valence-electron chi connectivity index (χ0n) is 10.7. The molecule has 0 saturated carbocycles. The third kappa shape index (κ3) is 2.14. The highest BCUT2D eigenvalue weighted by molar-refractivity contribution is 5.77. The maximum Gasteiger partial charge on any atom is 0.323 e. The van der Waals surface area contributed by atoms with Crippen LogP contribution in [0.2, 0.25) is 0 Å². The second-order valence-corrected chi connectivity index (χ2v) is 5.25. The summed E-state index contributed by atoms with van der Waals surface area (Å²) in [5, 5.41) is 4.33. The van der Waals surface area contributed by atoms with Gasteiger partial charge in [-0.05, 0) is 31.9 Å². The molecule has 2 atom stereocenters. The minimum Gasteiger partial charge on any atom is -0.464 e. The molecule has 2 aliphatic rings. The lowest BCUT2D eigenvalue weighted by Crippen LogP contribution is -2.43. The SMILES string of the molecule is Cc1cnn(CC2CCCN2C2CCOC2=O)c1. The minimum atomic E-state index is -0.0430. The van der Waals surface area contributed by atoms with E-state index in [1.54, 1.807) is 0 Å². The summed E-state index contributed by atoms with van der Waals surface area (Å²) in [6.07, 6.45) is 7.08. The van der Waals surface area contributed by atoms with Crippen LogP contribution in [0.4, 0.5) is 0 Å². The summed E-state index contributed by atoms with van der Waals surface area (Å²) in [6, 6.07) is 0.397. The number of aryl methyl sites for hydroxylation is 1. The van der Waals surface area contributed by atoms with Crippen LogP contribution < -0.4 is 0 Å². The molecule has 1 aromatic rings. The first-order valence-electron chi connectivity index (χ1n) is 6.65. The van der Waals surface area contributed by atoms with Crippen LogP contribution in [0.25, 0.3) is 0 Å². The Morgan fingerprint density at radius 1 is 1.50 bits per heavy atom. The van der Waals surface area contributed by atoms with Crippen LogP contribution in [0.5, 0.6) is 0 Å². The molecule has 18 heavy (non-hydrogen) atoms. The van der Waals surface area contributed by atoms with Crippen molar-refractivity contribution in [2.45, 2.75) is 44.8 Å². The van der Waals surface area contributed by atoms with Gasteiger partial charge in [-0.15, -0.1) is 0 Å². The maximum absolute atomic E-state index is 11.7. The Kier molecular flexibility index (Phi) is 3.07. The van der Waals surface area contributed by atoms with E-state index in [4.69, 9.17) is 4.74 Å². The first-order valence-corrected chi connectivity index (χ1v) is 6.65. The van der Waals surface area contributed by atoms with Crippen LogP contribution in [0.15, 0.2) is 12.4 Å². The molecule has 1 aromatic heterocycles. The van der Waals surface area contributed by atoms with Gasteiger partial charge in [0.15, 0.2) is 0 Å². The molecule has 3 heterocycles. The molecular formula is C13H19N3O2. The molecule has 2 fully saturated rings. The normalized spacial score (nSPS) is 28.8. The molecule has 2 saturated heterocycles. The smallest absolute Gasteiger partial charge is 0.323 e. The number of esters is 1. The second-order valence-electron chi connectivity index (χ2n) is 5.25. The Hall–Kier alpha value is -1.36. The van der Waals surface area contributed by atoms with E-state index in [1.807, 2.05) is 17.8 Å². The molecule has 3 rings (SSSR count). The first kappa shape index (κ1) is 11.7. The minimum absolute atomic E-state index is 0.0193. The lowest BCUT2D eigenvalue weighted by atomic mass is 10.1. The van der Waals surface area contributed by atoms with Crippen LogP contribution >= 0.6 is 0 Å². The number of carbonyl (C=O) groups excluding carboxylic acids is 1. The summed E-state index contributed by atoms with van der Waals surface area (Å²) < 4.78 is 7.06. The van der Waals surface area contributed by atoms with Crippen LogP contribution in [-0.2, 0) is 16.1 Å². The lowest BCUT2D eigenvalue weighted by molar-refractivity contribution is -0.142. The number of cyclic esters (lactones) is 1. The van der Waals surface area contributed by atoms with Crippen molar-refractivity contribution in [2.24, 2.45) is 0 Å². The van der Waals surface area contributed by atoms with Gasteiger partial charge in [-0.3, -0.25) is 14.4 Å². The topological polar surface area (TPSA) is 47.4 Å². The Bertz CT molecular complexity index is 443. The van der Waals surface area contributed by atoms with E-state index in [0.717, 1.165) is 32.4 Å². The Labute approximate surface area is 107 Å². The van der Waals surface area contributed by atoms with E-state index in [0.29, 0.717) is 12.6 Å². The maximum atomic E-state index is 11.7. The van der Waals surface area contributed by atoms with Crippen molar-refractivity contribution in [1.29, 1.82) is 0 Å². The third-order valence-corrected chi connectivity index (χ3v) is 3.89. The predicted octanol–water partition coefficient (Wildman–Crippen LogP) is 0.971. The average molecular weight is 249 g/mol. The molecule has 5 nitrogen and oxygen atoms in total. The summed E-state index contributed by atoms with van der Waals surface area (Å²) in [6.45, 7) is 4.50. The van der Waals surface area contributed by atoms with Crippen molar-refractivity contribution in [1.82, 2.24) is 14.7 Å². The third-order valence-electron chi connectivity index (χ3n) is 3.89. The van der Waals surface area contributed by atoms with Crippen LogP contribution in [0.1, 0.15) is 24.8 Å². The molecule has 0 aliphatic carbocycles. The van der Waals surface area contributed by atoms with Crippen LogP contribution in [0.3, 0.4) is 0 Å². The second kappa shape index (κ2) is 4.72. The van der Waals surface area contributed by atoms with Gasteiger partial charge in [0.1, 0.15) is 6.04 Å². The summed E-state index contributed by atoms with van der Waals surface area (Å²) >= 11 is 0. The number of likely N-dealkylation sites (tertiary alicyclic amines) is 1. The van der Waals surface area contributed by atoms with Gasteiger partial charge in [0.25, 0.3) is 0 Å². The molecule has 0 amide bonds. The van der Waals surface area contributed by atoms with Crippen molar-refractivity contribution in [3.8, 4) is 0 Å². The van der Waals surface area contributed by atoms with Gasteiger partial charge in [-0.2, -0.15) is 5.10 Å². The first-order chi connectivity index (χ1) is 8.74. The van der Waals surface area contributed by atoms with Crippen LogP contribution in [-0.4, -0.2) is 45.9 Å². The highest BCUT2D eigenvalue weighted by atomic mass is 16.5. The number of carbonyl (C=O) groups is 1. The number of aromatic nitrogens is 2. The molecular weight excluding hydrogens is 230 g/mol. The van der Waals surface area contributed by atoms with Gasteiger partial charge in [0, 0.05) is 18.7 Å². The fraction of sp³-hybridized carbons (Fsp3) is 0.692. The van der Waals surface area contributed by atoms with E-state index in [1.165, 1.54) is 5.56 Å². The van der Waals surface area contributed by atoms with Gasteiger partial charge in [-0.1, -0.05) is 0 Å². The number of rotatable bonds is 3. The molecule has 5 heteroatoms. The molecule has 0 N–H and O–H groups in total. The van der Waals surface area contributed by atoms with Crippen molar-refractivity contribution < 1.29 is 9.53 Å². The van der Waals surface area contributed by atoms with Crippen molar-refractivity contribution in [2.75, 3.05) is 13.2 Å². The lowest BCUT2D eigenvalue weighted by Gasteiger charge is -2.27. The Morgan fingerprint density at radius 3 is 3.06 bits per heavy atom. The van der Waals surface area contributed by atoms with E-state index in [-0.39, 0.29) is 12.0 Å². The highest BCUT2D eigenvalue weighted by Crippen LogP contribution is 2.26. The van der Waals surface area contributed by atoms with E-state index < -0.39 is 0 Å². The summed E-state index contributed by atoms with van der Waals surface area (Å²) in [4.78, 5) is 14.0. The fourth-order valence-electron chi connectivity index (χ4n) is 3.03. The largest absolute Gasteiger partial charge is 0.464 e. The monoisotopic (exact) mass is 249 g/mol. The van der Waals surface area contributed by atoms with Crippen molar-refractivity contribution in [3.05, 3.63) is 18.0 Å². The summed E-state index contributed by atoms with van der Waals surface area (Å²) in [7, 11) is 0. The van der Waals surface area contributed by atoms with E-state index in [9.17, 15) is 4.79 Å². The number of nitrogens with zero attached hydrogens (tertiary/aromatic N) is 3. The fourth-order valence-corrected chi connectivity index (χ4v) is 3.03. The average Bonchev–Trinajstić information content (AvgIpc) is 3.02. The van der Waals surface area contributed by atoms with Crippen molar-refractivity contribution in [3.63, 3.8) is 0 Å². The van der Waals surface area contributed by atoms with Gasteiger partial charge < -0.3 is 4.74 Å². The predicted molar refractivity (Wildman–Crippen MR) is 66.1 cm³/mol. The number of hydrogen-bond acceptors (Lipinski definition) is 4. The van der Waals surface area contributed by atoms with Crippen LogP contribution in [0, 0.1) is 6.92 Å². The molecule has 2 unspecified atom stereocenters. The molecule has 0 bridgehead atoms. The Balaban J connectivity index is 1.69. The highest BCUT2D eigenvalue weighted by Gasteiger charge is 2.38. The van der Waals surface area contributed by atoms with Gasteiger partial charge in [0.2, 0.25) is 0 Å². The zero-order valence-corrected chi connectivity index (χ0v) is 10.7. The summed E-state index contributed by atoms with van der Waals surface area (Å²) in [5.41, 5.74) is 1.18. The molecule has 2 aliphatic heterocycles. The van der Waals surface area contributed by atoms with Crippen molar-refractivity contribution >= 4 is 5.97 Å². The molecule has 0 spiro atoms. The standard InChI is InChI=1S/C13H19N3O2/c1-10-7-14-15(8-10)9-11-3-2-5-16(11)12-4-6-18-13(12)17/h7-8,11-12H,2-6,9H2,1H3. The number of hydrogen-bond donors (Lipinski definition) is 0.